The molecule has 1 aromatic heterocycles. The van der Waals surface area contributed by atoms with Crippen molar-refractivity contribution < 1.29 is 9.32 Å². The summed E-state index contributed by atoms with van der Waals surface area (Å²) in [6, 6.07) is 6.88. The van der Waals surface area contributed by atoms with Crippen LogP contribution in [0.5, 0.6) is 0 Å². The van der Waals surface area contributed by atoms with Gasteiger partial charge in [-0.2, -0.15) is 0 Å². The molecule has 6 heteroatoms. The molecule has 1 amide bonds. The van der Waals surface area contributed by atoms with Crippen LogP contribution in [0.4, 0.5) is 0 Å². The number of nitrogens with zero attached hydrogens (tertiary/aromatic N) is 1. The lowest BCUT2D eigenvalue weighted by molar-refractivity contribution is 0.100. The lowest BCUT2D eigenvalue weighted by Crippen LogP contribution is -2.14. The Balaban J connectivity index is 1.94. The molecule has 0 fully saturated rings. The zero-order valence-corrected chi connectivity index (χ0v) is 11.2. The topological polar surface area (TPSA) is 81.1 Å². The van der Waals surface area contributed by atoms with Crippen molar-refractivity contribution in [3.8, 4) is 0 Å². The van der Waals surface area contributed by atoms with Crippen LogP contribution in [0.25, 0.3) is 0 Å². The molecule has 0 aliphatic rings. The zero-order chi connectivity index (χ0) is 13.8. The molecule has 0 atom stereocenters. The molecule has 19 heavy (non-hydrogen) atoms. The Hall–Kier alpha value is -1.85. The van der Waals surface area contributed by atoms with Gasteiger partial charge in [-0.25, -0.2) is 0 Å². The molecule has 0 aliphatic carbocycles. The van der Waals surface area contributed by atoms with Crippen LogP contribution in [-0.2, 0) is 13.1 Å². The second-order valence-corrected chi connectivity index (χ2v) is 4.61. The molecule has 0 saturated heterocycles. The second kappa shape index (κ2) is 5.86. The van der Waals surface area contributed by atoms with Gasteiger partial charge in [0.15, 0.2) is 0 Å². The zero-order valence-electron chi connectivity index (χ0n) is 10.4. The Morgan fingerprint density at radius 2 is 2.21 bits per heavy atom. The summed E-state index contributed by atoms with van der Waals surface area (Å²) in [4.78, 5) is 11.0. The van der Waals surface area contributed by atoms with E-state index in [-0.39, 0.29) is 0 Å². The average Bonchev–Trinajstić information content (AvgIpc) is 2.77. The molecule has 1 aromatic carbocycles. The van der Waals surface area contributed by atoms with Crippen molar-refractivity contribution in [2.45, 2.75) is 20.0 Å². The smallest absolute Gasteiger partial charge is 0.248 e. The van der Waals surface area contributed by atoms with E-state index in [4.69, 9.17) is 21.9 Å². The SMILES string of the molecule is Cc1cc(CNCc2ccc(C(N)=O)cc2Cl)no1. The van der Waals surface area contributed by atoms with Crippen LogP contribution >= 0.6 is 11.6 Å². The fourth-order valence-electron chi connectivity index (χ4n) is 1.67. The highest BCUT2D eigenvalue weighted by Gasteiger charge is 2.06. The van der Waals surface area contributed by atoms with E-state index < -0.39 is 5.91 Å². The standard InChI is InChI=1S/C13H14ClN3O2/c1-8-4-11(17-19-8)7-16-6-10-3-2-9(13(15)18)5-12(10)14/h2-5,16H,6-7H2,1H3,(H2,15,18). The number of nitrogens with two attached hydrogens (primary N) is 1. The van der Waals surface area contributed by atoms with Crippen molar-refractivity contribution in [2.24, 2.45) is 5.73 Å². The highest BCUT2D eigenvalue weighted by molar-refractivity contribution is 6.31. The van der Waals surface area contributed by atoms with E-state index in [1.165, 1.54) is 0 Å². The minimum Gasteiger partial charge on any atom is -0.366 e. The van der Waals surface area contributed by atoms with Gasteiger partial charge in [0.05, 0.1) is 5.69 Å². The number of hydrogen-bond donors (Lipinski definition) is 2. The summed E-state index contributed by atoms with van der Waals surface area (Å²) in [5.74, 6) is 0.292. The molecular weight excluding hydrogens is 266 g/mol. The molecule has 3 N–H and O–H groups in total. The van der Waals surface area contributed by atoms with Gasteiger partial charge in [-0.1, -0.05) is 22.8 Å². The van der Waals surface area contributed by atoms with Gasteiger partial charge in [0, 0.05) is 29.7 Å². The highest BCUT2D eigenvalue weighted by Crippen LogP contribution is 2.17. The number of primary amides is 1. The Bertz CT molecular complexity index is 595. The van der Waals surface area contributed by atoms with Gasteiger partial charge in [0.25, 0.3) is 0 Å². The molecule has 0 saturated carbocycles. The first-order chi connectivity index (χ1) is 9.06. The predicted octanol–water partition coefficient (Wildman–Crippen LogP) is 2.03. The van der Waals surface area contributed by atoms with Crippen LogP contribution in [0.1, 0.15) is 27.4 Å². The Labute approximate surface area is 115 Å². The van der Waals surface area contributed by atoms with Gasteiger partial charge in [0.2, 0.25) is 5.91 Å². The number of hydrogen-bond acceptors (Lipinski definition) is 4. The van der Waals surface area contributed by atoms with Crippen molar-refractivity contribution >= 4 is 17.5 Å². The first-order valence-corrected chi connectivity index (χ1v) is 6.15. The van der Waals surface area contributed by atoms with E-state index in [2.05, 4.69) is 10.5 Å². The fraction of sp³-hybridized carbons (Fsp3) is 0.231. The molecule has 2 rings (SSSR count). The number of benzene rings is 1. The number of aryl methyl sites for hydroxylation is 1. The van der Waals surface area contributed by atoms with E-state index in [1.807, 2.05) is 13.0 Å². The van der Waals surface area contributed by atoms with Crippen molar-refractivity contribution in [1.29, 1.82) is 0 Å². The van der Waals surface area contributed by atoms with Gasteiger partial charge < -0.3 is 15.6 Å². The number of rotatable bonds is 5. The van der Waals surface area contributed by atoms with Crippen molar-refractivity contribution in [2.75, 3.05) is 0 Å². The van der Waals surface area contributed by atoms with Crippen molar-refractivity contribution in [1.82, 2.24) is 10.5 Å². The van der Waals surface area contributed by atoms with E-state index in [0.29, 0.717) is 23.7 Å². The van der Waals surface area contributed by atoms with E-state index in [1.54, 1.807) is 18.2 Å². The predicted molar refractivity (Wildman–Crippen MR) is 71.8 cm³/mol. The number of carbonyl (C=O) groups excluding carboxylic acids is 1. The van der Waals surface area contributed by atoms with Crippen LogP contribution in [0.2, 0.25) is 5.02 Å². The number of carbonyl (C=O) groups is 1. The molecule has 0 radical (unpaired) electrons. The summed E-state index contributed by atoms with van der Waals surface area (Å²) in [6.45, 7) is 3.00. The van der Waals surface area contributed by atoms with Crippen molar-refractivity contribution in [3.05, 3.63) is 51.9 Å². The minimum atomic E-state index is -0.487. The third kappa shape index (κ3) is 3.56. The largest absolute Gasteiger partial charge is 0.366 e. The first kappa shape index (κ1) is 13.6. The third-order valence-corrected chi connectivity index (χ3v) is 2.99. The van der Waals surface area contributed by atoms with Crippen LogP contribution in [0.3, 0.4) is 0 Å². The Kier molecular flexibility index (Phi) is 4.19. The molecule has 0 bridgehead atoms. The molecule has 0 aliphatic heterocycles. The first-order valence-electron chi connectivity index (χ1n) is 5.77. The number of amides is 1. The summed E-state index contributed by atoms with van der Waals surface area (Å²) in [7, 11) is 0. The Morgan fingerprint density at radius 3 is 2.79 bits per heavy atom. The van der Waals surface area contributed by atoms with E-state index in [9.17, 15) is 4.79 Å². The van der Waals surface area contributed by atoms with Crippen LogP contribution in [0, 0.1) is 6.92 Å². The molecular formula is C13H14ClN3O2. The molecule has 1 heterocycles. The van der Waals surface area contributed by atoms with Gasteiger partial charge in [0.1, 0.15) is 5.76 Å². The summed E-state index contributed by atoms with van der Waals surface area (Å²) in [5.41, 5.74) is 7.31. The molecule has 100 valence electrons. The van der Waals surface area contributed by atoms with E-state index >= 15 is 0 Å². The number of aromatic nitrogens is 1. The summed E-state index contributed by atoms with van der Waals surface area (Å²) in [6.07, 6.45) is 0. The van der Waals surface area contributed by atoms with Gasteiger partial charge in [-0.3, -0.25) is 4.79 Å². The minimum absolute atomic E-state index is 0.404. The van der Waals surface area contributed by atoms with Crippen LogP contribution in [0.15, 0.2) is 28.8 Å². The van der Waals surface area contributed by atoms with Crippen LogP contribution in [-0.4, -0.2) is 11.1 Å². The number of nitrogens with one attached hydrogen (secondary N) is 1. The van der Waals surface area contributed by atoms with Gasteiger partial charge >= 0.3 is 0 Å². The lowest BCUT2D eigenvalue weighted by Gasteiger charge is -2.06. The lowest BCUT2D eigenvalue weighted by atomic mass is 10.1. The van der Waals surface area contributed by atoms with Gasteiger partial charge in [-0.05, 0) is 24.6 Å². The Morgan fingerprint density at radius 1 is 1.42 bits per heavy atom. The fourth-order valence-corrected chi connectivity index (χ4v) is 1.92. The maximum Gasteiger partial charge on any atom is 0.248 e. The van der Waals surface area contributed by atoms with Gasteiger partial charge in [-0.15, -0.1) is 0 Å². The maximum absolute atomic E-state index is 11.0. The summed E-state index contributed by atoms with van der Waals surface area (Å²) >= 11 is 6.08. The highest BCUT2D eigenvalue weighted by atomic mass is 35.5. The molecule has 5 nitrogen and oxygen atoms in total. The quantitative estimate of drug-likeness (QED) is 0.877. The van der Waals surface area contributed by atoms with Crippen molar-refractivity contribution in [3.63, 3.8) is 0 Å². The maximum atomic E-state index is 11.0. The third-order valence-electron chi connectivity index (χ3n) is 2.64. The van der Waals surface area contributed by atoms with E-state index in [0.717, 1.165) is 17.0 Å². The molecule has 2 aromatic rings. The second-order valence-electron chi connectivity index (χ2n) is 4.20. The molecule has 0 unspecified atom stereocenters. The average molecular weight is 280 g/mol. The van der Waals surface area contributed by atoms with Crippen LogP contribution < -0.4 is 11.1 Å². The normalized spacial score (nSPS) is 10.6. The number of halogens is 1. The monoisotopic (exact) mass is 279 g/mol. The summed E-state index contributed by atoms with van der Waals surface area (Å²) < 4.78 is 4.97. The summed E-state index contributed by atoms with van der Waals surface area (Å²) in [5, 5.41) is 7.59. The molecule has 0 spiro atoms.